The Morgan fingerprint density at radius 3 is 2.61 bits per heavy atom. The van der Waals surface area contributed by atoms with Gasteiger partial charge in [0.15, 0.2) is 0 Å². The van der Waals surface area contributed by atoms with Crippen LogP contribution in [0.2, 0.25) is 0 Å². The van der Waals surface area contributed by atoms with Gasteiger partial charge < -0.3 is 9.80 Å². The molecule has 2 aliphatic heterocycles. The lowest BCUT2D eigenvalue weighted by Crippen LogP contribution is -2.56. The van der Waals surface area contributed by atoms with E-state index in [0.29, 0.717) is 22.8 Å². The van der Waals surface area contributed by atoms with Crippen molar-refractivity contribution in [1.29, 1.82) is 0 Å². The van der Waals surface area contributed by atoms with Crippen LogP contribution in [-0.4, -0.2) is 71.6 Å². The summed E-state index contributed by atoms with van der Waals surface area (Å²) in [6.45, 7) is 11.4. The van der Waals surface area contributed by atoms with Crippen LogP contribution in [-0.2, 0) is 0 Å². The molecule has 0 N–H and O–H groups in total. The molecule has 1 unspecified atom stereocenters. The van der Waals surface area contributed by atoms with Gasteiger partial charge in [-0.3, -0.25) is 9.88 Å². The zero-order valence-electron chi connectivity index (χ0n) is 18.4. The fraction of sp³-hybridized carbons (Fsp3) is 0.583. The fourth-order valence-electron chi connectivity index (χ4n) is 5.89. The van der Waals surface area contributed by atoms with E-state index in [9.17, 15) is 8.78 Å². The number of anilines is 1. The minimum atomic E-state index is -0.513. The molecule has 2 aromatic heterocycles. The largest absolute Gasteiger partial charge is 0.367 e. The molecule has 5 rings (SSSR count). The van der Waals surface area contributed by atoms with Crippen molar-refractivity contribution in [3.8, 4) is 11.3 Å². The fourth-order valence-corrected chi connectivity index (χ4v) is 5.89. The smallest absolute Gasteiger partial charge is 0.213 e. The van der Waals surface area contributed by atoms with Crippen LogP contribution in [0.5, 0.6) is 0 Å². The number of rotatable bonds is 4. The Bertz CT molecular complexity index is 951. The standard InChI is InChI=1S/C24H31F2N5/c1-3-29-15-24(16-29)7-6-19(13-24)30-8-10-31(11-9-30)21-12-18(25)14-27-23(21)20-4-5-22(26)28-17(20)2/h4-5,12,14,19H,3,6-11,13,15-16H2,1-2H3. The maximum Gasteiger partial charge on any atom is 0.213 e. The molecule has 4 heterocycles. The van der Waals surface area contributed by atoms with Crippen molar-refractivity contribution >= 4 is 5.69 Å². The monoisotopic (exact) mass is 427 g/mol. The summed E-state index contributed by atoms with van der Waals surface area (Å²) in [4.78, 5) is 15.7. The number of halogens is 2. The second-order valence-corrected chi connectivity index (χ2v) is 9.51. The molecule has 1 saturated carbocycles. The molecule has 7 heteroatoms. The van der Waals surface area contributed by atoms with Crippen molar-refractivity contribution in [2.75, 3.05) is 50.7 Å². The molecule has 1 spiro atoms. The Balaban J connectivity index is 1.28. The summed E-state index contributed by atoms with van der Waals surface area (Å²) in [6, 6.07) is 5.26. The van der Waals surface area contributed by atoms with Gasteiger partial charge in [0.2, 0.25) is 5.95 Å². The third kappa shape index (κ3) is 3.94. The van der Waals surface area contributed by atoms with Crippen LogP contribution in [0.3, 0.4) is 0 Å². The van der Waals surface area contributed by atoms with Crippen molar-refractivity contribution < 1.29 is 8.78 Å². The van der Waals surface area contributed by atoms with Crippen LogP contribution >= 0.6 is 0 Å². The Morgan fingerprint density at radius 2 is 1.90 bits per heavy atom. The predicted octanol–water partition coefficient (Wildman–Crippen LogP) is 3.73. The zero-order chi connectivity index (χ0) is 21.6. The van der Waals surface area contributed by atoms with Gasteiger partial charge in [0, 0.05) is 56.9 Å². The van der Waals surface area contributed by atoms with Gasteiger partial charge in [-0.1, -0.05) is 6.92 Å². The molecule has 1 atom stereocenters. The molecule has 3 fully saturated rings. The number of likely N-dealkylation sites (tertiary alicyclic amines) is 1. The Labute approximate surface area is 183 Å². The van der Waals surface area contributed by atoms with Gasteiger partial charge in [-0.15, -0.1) is 0 Å². The lowest BCUT2D eigenvalue weighted by molar-refractivity contribution is 0.00367. The molecule has 5 nitrogen and oxygen atoms in total. The second-order valence-electron chi connectivity index (χ2n) is 9.51. The van der Waals surface area contributed by atoms with Crippen LogP contribution in [0.15, 0.2) is 24.4 Å². The normalized spacial score (nSPS) is 24.0. The van der Waals surface area contributed by atoms with E-state index in [2.05, 4.69) is 31.6 Å². The molecule has 0 radical (unpaired) electrons. The number of aromatic nitrogens is 2. The van der Waals surface area contributed by atoms with Crippen LogP contribution in [0.4, 0.5) is 14.5 Å². The average Bonchev–Trinajstić information content (AvgIpc) is 3.19. The molecular formula is C24H31F2N5. The van der Waals surface area contributed by atoms with E-state index in [1.54, 1.807) is 19.1 Å². The minimum Gasteiger partial charge on any atom is -0.367 e. The predicted molar refractivity (Wildman–Crippen MR) is 118 cm³/mol. The number of pyridine rings is 2. The molecule has 3 aliphatic rings. The first-order valence-electron chi connectivity index (χ1n) is 11.5. The highest BCUT2D eigenvalue weighted by molar-refractivity contribution is 5.76. The highest BCUT2D eigenvalue weighted by Crippen LogP contribution is 2.47. The third-order valence-corrected chi connectivity index (χ3v) is 7.55. The molecule has 2 saturated heterocycles. The van der Waals surface area contributed by atoms with Crippen molar-refractivity contribution in [1.82, 2.24) is 19.8 Å². The van der Waals surface area contributed by atoms with Crippen molar-refractivity contribution in [2.45, 2.75) is 39.2 Å². The van der Waals surface area contributed by atoms with E-state index < -0.39 is 5.95 Å². The molecule has 31 heavy (non-hydrogen) atoms. The Morgan fingerprint density at radius 1 is 1.13 bits per heavy atom. The number of hydrogen-bond donors (Lipinski definition) is 0. The molecule has 2 aromatic rings. The van der Waals surface area contributed by atoms with Gasteiger partial charge in [0.25, 0.3) is 0 Å². The highest BCUT2D eigenvalue weighted by Gasteiger charge is 2.48. The van der Waals surface area contributed by atoms with E-state index in [0.717, 1.165) is 44.0 Å². The summed E-state index contributed by atoms with van der Waals surface area (Å²) in [5.74, 6) is -0.863. The molecule has 0 bridgehead atoms. The Kier molecular flexibility index (Phi) is 5.42. The summed E-state index contributed by atoms with van der Waals surface area (Å²) in [5, 5.41) is 0. The van der Waals surface area contributed by atoms with E-state index in [1.807, 2.05) is 0 Å². The summed E-state index contributed by atoms with van der Waals surface area (Å²) >= 11 is 0. The first-order chi connectivity index (χ1) is 15.0. The van der Waals surface area contributed by atoms with Gasteiger partial charge in [0.1, 0.15) is 5.82 Å². The topological polar surface area (TPSA) is 35.5 Å². The van der Waals surface area contributed by atoms with Crippen LogP contribution < -0.4 is 4.90 Å². The van der Waals surface area contributed by atoms with E-state index in [4.69, 9.17) is 0 Å². The molecular weight excluding hydrogens is 396 g/mol. The Hall–Kier alpha value is -2.12. The number of nitrogens with zero attached hydrogens (tertiary/aromatic N) is 5. The van der Waals surface area contributed by atoms with E-state index >= 15 is 0 Å². The molecule has 166 valence electrons. The maximum atomic E-state index is 14.1. The summed E-state index contributed by atoms with van der Waals surface area (Å²) in [7, 11) is 0. The van der Waals surface area contributed by atoms with E-state index in [1.165, 1.54) is 44.6 Å². The van der Waals surface area contributed by atoms with Gasteiger partial charge in [-0.2, -0.15) is 4.39 Å². The average molecular weight is 428 g/mol. The van der Waals surface area contributed by atoms with Crippen molar-refractivity contribution in [3.05, 3.63) is 41.9 Å². The van der Waals surface area contributed by atoms with Crippen molar-refractivity contribution in [2.24, 2.45) is 5.41 Å². The minimum absolute atomic E-state index is 0.350. The van der Waals surface area contributed by atoms with Crippen LogP contribution in [0.25, 0.3) is 11.3 Å². The second kappa shape index (κ2) is 8.10. The van der Waals surface area contributed by atoms with Gasteiger partial charge >= 0.3 is 0 Å². The molecule has 0 aromatic carbocycles. The summed E-state index contributed by atoms with van der Waals surface area (Å²) < 4.78 is 27.6. The third-order valence-electron chi connectivity index (χ3n) is 7.55. The maximum absolute atomic E-state index is 14.1. The highest BCUT2D eigenvalue weighted by atomic mass is 19.1. The number of aryl methyl sites for hydroxylation is 1. The molecule has 1 aliphatic carbocycles. The summed E-state index contributed by atoms with van der Waals surface area (Å²) in [5.41, 5.74) is 3.33. The number of hydrogen-bond acceptors (Lipinski definition) is 5. The number of piperazine rings is 1. The lowest BCUT2D eigenvalue weighted by Gasteiger charge is -2.49. The first-order valence-corrected chi connectivity index (χ1v) is 11.5. The SMILES string of the molecule is CCN1CC2(CCC(N3CCN(c4cc(F)cnc4-c4ccc(F)nc4C)CC3)C2)C1. The van der Waals surface area contributed by atoms with Crippen LogP contribution in [0.1, 0.15) is 31.9 Å². The van der Waals surface area contributed by atoms with Gasteiger partial charge in [-0.05, 0) is 50.3 Å². The first kappa shape index (κ1) is 20.8. The zero-order valence-corrected chi connectivity index (χ0v) is 18.4. The van der Waals surface area contributed by atoms with Gasteiger partial charge in [0.05, 0.1) is 23.3 Å². The van der Waals surface area contributed by atoms with E-state index in [-0.39, 0.29) is 5.82 Å². The lowest BCUT2D eigenvalue weighted by atomic mass is 9.78. The van der Waals surface area contributed by atoms with Crippen LogP contribution in [0, 0.1) is 24.1 Å². The van der Waals surface area contributed by atoms with Crippen molar-refractivity contribution in [3.63, 3.8) is 0 Å². The quantitative estimate of drug-likeness (QED) is 0.695. The summed E-state index contributed by atoms with van der Waals surface area (Å²) in [6.07, 6.45) is 5.19. The van der Waals surface area contributed by atoms with Gasteiger partial charge in [-0.25, -0.2) is 9.37 Å². The molecule has 0 amide bonds.